The van der Waals surface area contributed by atoms with Crippen LogP contribution in [0.4, 0.5) is 11.4 Å². The van der Waals surface area contributed by atoms with Crippen LogP contribution in [0.5, 0.6) is 0 Å². The van der Waals surface area contributed by atoms with E-state index in [0.717, 1.165) is 50.5 Å². The number of piperazine rings is 1. The zero-order chi connectivity index (χ0) is 21.0. The number of hydrogen-bond acceptors (Lipinski definition) is 5. The van der Waals surface area contributed by atoms with Crippen molar-refractivity contribution in [3.63, 3.8) is 0 Å². The minimum absolute atomic E-state index is 0.968. The second kappa shape index (κ2) is 9.25. The van der Waals surface area contributed by atoms with Gasteiger partial charge in [-0.05, 0) is 57.2 Å². The SMILES string of the molecule is CN1CCN(c2ccc(-c3cc(NCCN4CCCC4)c4ccccc4n3)cc2)CC1. The van der Waals surface area contributed by atoms with Crippen molar-refractivity contribution in [2.75, 3.05) is 69.6 Å². The van der Waals surface area contributed by atoms with Gasteiger partial charge in [-0.3, -0.25) is 0 Å². The third-order valence-corrected chi connectivity index (χ3v) is 6.69. The monoisotopic (exact) mass is 415 g/mol. The summed E-state index contributed by atoms with van der Waals surface area (Å²) in [6.07, 6.45) is 2.68. The highest BCUT2D eigenvalue weighted by atomic mass is 15.2. The van der Waals surface area contributed by atoms with E-state index in [9.17, 15) is 0 Å². The summed E-state index contributed by atoms with van der Waals surface area (Å²) in [5.41, 5.74) is 5.75. The number of aromatic nitrogens is 1. The number of pyridine rings is 1. The summed E-state index contributed by atoms with van der Waals surface area (Å²) in [5.74, 6) is 0. The molecule has 2 saturated heterocycles. The highest BCUT2D eigenvalue weighted by Crippen LogP contribution is 2.29. The average Bonchev–Trinajstić information content (AvgIpc) is 3.33. The van der Waals surface area contributed by atoms with E-state index in [2.05, 4.69) is 81.7 Å². The Bertz CT molecular complexity index is 1000. The van der Waals surface area contributed by atoms with Crippen LogP contribution in [0, 0.1) is 0 Å². The van der Waals surface area contributed by atoms with E-state index in [1.165, 1.54) is 48.3 Å². The largest absolute Gasteiger partial charge is 0.383 e. The molecule has 1 N–H and O–H groups in total. The molecule has 3 aromatic rings. The molecular formula is C26H33N5. The molecule has 162 valence electrons. The molecular weight excluding hydrogens is 382 g/mol. The summed E-state index contributed by atoms with van der Waals surface area (Å²) in [7, 11) is 2.20. The fourth-order valence-corrected chi connectivity index (χ4v) is 4.73. The highest BCUT2D eigenvalue weighted by Gasteiger charge is 2.15. The molecule has 0 aliphatic carbocycles. The second-order valence-electron chi connectivity index (χ2n) is 8.88. The second-order valence-corrected chi connectivity index (χ2v) is 8.88. The van der Waals surface area contributed by atoms with Crippen LogP contribution in [0.25, 0.3) is 22.2 Å². The predicted molar refractivity (Wildman–Crippen MR) is 131 cm³/mol. The topological polar surface area (TPSA) is 34.6 Å². The highest BCUT2D eigenvalue weighted by molar-refractivity contribution is 5.93. The van der Waals surface area contributed by atoms with Gasteiger partial charge >= 0.3 is 0 Å². The molecule has 0 bridgehead atoms. The maximum Gasteiger partial charge on any atom is 0.0730 e. The van der Waals surface area contributed by atoms with Gasteiger partial charge in [-0.15, -0.1) is 0 Å². The van der Waals surface area contributed by atoms with Gasteiger partial charge in [0.25, 0.3) is 0 Å². The van der Waals surface area contributed by atoms with Crippen LogP contribution in [0.15, 0.2) is 54.6 Å². The third kappa shape index (κ3) is 4.68. The summed E-state index contributed by atoms with van der Waals surface area (Å²) in [6.45, 7) is 8.99. The number of nitrogens with zero attached hydrogens (tertiary/aromatic N) is 4. The first-order valence-electron chi connectivity index (χ1n) is 11.7. The third-order valence-electron chi connectivity index (χ3n) is 6.69. The van der Waals surface area contributed by atoms with Gasteiger partial charge in [0.15, 0.2) is 0 Å². The fourth-order valence-electron chi connectivity index (χ4n) is 4.73. The number of para-hydroxylation sites is 1. The molecule has 2 aliphatic rings. The fraction of sp³-hybridized carbons (Fsp3) is 0.423. The van der Waals surface area contributed by atoms with Crippen molar-refractivity contribution in [1.29, 1.82) is 0 Å². The van der Waals surface area contributed by atoms with Crippen LogP contribution < -0.4 is 10.2 Å². The van der Waals surface area contributed by atoms with Crippen LogP contribution >= 0.6 is 0 Å². The Morgan fingerprint density at radius 2 is 1.61 bits per heavy atom. The van der Waals surface area contributed by atoms with Crippen molar-refractivity contribution in [3.8, 4) is 11.3 Å². The van der Waals surface area contributed by atoms with Gasteiger partial charge in [0, 0.05) is 61.6 Å². The number of anilines is 2. The summed E-state index contributed by atoms with van der Waals surface area (Å²) < 4.78 is 0. The van der Waals surface area contributed by atoms with E-state index in [1.807, 2.05) is 0 Å². The van der Waals surface area contributed by atoms with Crippen molar-refractivity contribution in [1.82, 2.24) is 14.8 Å². The molecule has 31 heavy (non-hydrogen) atoms. The van der Waals surface area contributed by atoms with Gasteiger partial charge in [-0.25, -0.2) is 4.98 Å². The summed E-state index contributed by atoms with van der Waals surface area (Å²) in [4.78, 5) is 12.4. The lowest BCUT2D eigenvalue weighted by Crippen LogP contribution is -2.44. The maximum atomic E-state index is 4.97. The molecule has 3 heterocycles. The Morgan fingerprint density at radius 3 is 2.39 bits per heavy atom. The normalized spacial score (nSPS) is 18.0. The quantitative estimate of drug-likeness (QED) is 0.654. The molecule has 2 fully saturated rings. The molecule has 5 heteroatoms. The first kappa shape index (κ1) is 20.3. The Morgan fingerprint density at radius 1 is 0.871 bits per heavy atom. The first-order valence-corrected chi connectivity index (χ1v) is 11.7. The van der Waals surface area contributed by atoms with E-state index in [0.29, 0.717) is 0 Å². The molecule has 1 aromatic heterocycles. The minimum atomic E-state index is 0.968. The number of fused-ring (bicyclic) bond motifs is 1. The molecule has 5 nitrogen and oxygen atoms in total. The molecule has 0 radical (unpaired) electrons. The van der Waals surface area contributed by atoms with E-state index < -0.39 is 0 Å². The van der Waals surface area contributed by atoms with Crippen LogP contribution in [0.3, 0.4) is 0 Å². The zero-order valence-electron chi connectivity index (χ0n) is 18.6. The van der Waals surface area contributed by atoms with E-state index in [-0.39, 0.29) is 0 Å². The van der Waals surface area contributed by atoms with Crippen molar-refractivity contribution >= 4 is 22.3 Å². The molecule has 0 atom stereocenters. The lowest BCUT2D eigenvalue weighted by molar-refractivity contribution is 0.313. The Hall–Kier alpha value is -2.63. The van der Waals surface area contributed by atoms with Crippen LogP contribution in [-0.2, 0) is 0 Å². The van der Waals surface area contributed by atoms with Crippen molar-refractivity contribution < 1.29 is 0 Å². The van der Waals surface area contributed by atoms with Crippen LogP contribution in [0.2, 0.25) is 0 Å². The van der Waals surface area contributed by atoms with Crippen molar-refractivity contribution in [2.24, 2.45) is 0 Å². The number of benzene rings is 2. The first-order chi connectivity index (χ1) is 15.3. The molecule has 2 aliphatic heterocycles. The molecule has 0 spiro atoms. The lowest BCUT2D eigenvalue weighted by Gasteiger charge is -2.34. The van der Waals surface area contributed by atoms with Gasteiger partial charge in [0.05, 0.1) is 11.2 Å². The van der Waals surface area contributed by atoms with Gasteiger partial charge < -0.3 is 20.0 Å². The zero-order valence-corrected chi connectivity index (χ0v) is 18.6. The molecule has 0 unspecified atom stereocenters. The summed E-state index contributed by atoms with van der Waals surface area (Å²) >= 11 is 0. The van der Waals surface area contributed by atoms with Crippen molar-refractivity contribution in [3.05, 3.63) is 54.6 Å². The molecule has 0 saturated carbocycles. The van der Waals surface area contributed by atoms with Gasteiger partial charge in [-0.1, -0.05) is 30.3 Å². The number of hydrogen-bond donors (Lipinski definition) is 1. The summed E-state index contributed by atoms with van der Waals surface area (Å²) in [5, 5.41) is 4.89. The smallest absolute Gasteiger partial charge is 0.0730 e. The average molecular weight is 416 g/mol. The number of nitrogens with one attached hydrogen (secondary N) is 1. The number of likely N-dealkylation sites (N-methyl/N-ethyl adjacent to an activating group) is 1. The molecule has 2 aromatic carbocycles. The Balaban J connectivity index is 1.36. The Labute approximate surface area is 185 Å². The lowest BCUT2D eigenvalue weighted by atomic mass is 10.1. The van der Waals surface area contributed by atoms with E-state index >= 15 is 0 Å². The van der Waals surface area contributed by atoms with Crippen LogP contribution in [-0.4, -0.2) is 74.2 Å². The van der Waals surface area contributed by atoms with E-state index in [4.69, 9.17) is 4.98 Å². The van der Waals surface area contributed by atoms with E-state index in [1.54, 1.807) is 0 Å². The number of likely N-dealkylation sites (tertiary alicyclic amines) is 1. The van der Waals surface area contributed by atoms with Gasteiger partial charge in [0.2, 0.25) is 0 Å². The van der Waals surface area contributed by atoms with Gasteiger partial charge in [0.1, 0.15) is 0 Å². The molecule has 0 amide bonds. The van der Waals surface area contributed by atoms with Gasteiger partial charge in [-0.2, -0.15) is 0 Å². The summed E-state index contributed by atoms with van der Waals surface area (Å²) in [6, 6.07) is 19.6. The van der Waals surface area contributed by atoms with Crippen molar-refractivity contribution in [2.45, 2.75) is 12.8 Å². The minimum Gasteiger partial charge on any atom is -0.383 e. The Kier molecular flexibility index (Phi) is 6.05. The standard InChI is InChI=1S/C26H33N5/c1-29-16-18-31(19-17-29)22-10-8-21(9-11-22)25-20-26(23-6-2-3-7-24(23)28-25)27-12-15-30-13-4-5-14-30/h2-3,6-11,20H,4-5,12-19H2,1H3,(H,27,28). The predicted octanol–water partition coefficient (Wildman–Crippen LogP) is 4.16. The number of rotatable bonds is 6. The maximum absolute atomic E-state index is 4.97. The molecule has 5 rings (SSSR count). The van der Waals surface area contributed by atoms with Crippen LogP contribution in [0.1, 0.15) is 12.8 Å².